The molecule has 1 aromatic rings. The molecule has 1 aromatic heterocycles. The Morgan fingerprint density at radius 2 is 1.85 bits per heavy atom. The fourth-order valence-electron chi connectivity index (χ4n) is 2.15. The monoisotopic (exact) mass is 309 g/mol. The summed E-state index contributed by atoms with van der Waals surface area (Å²) in [5.41, 5.74) is -0.787. The van der Waals surface area contributed by atoms with E-state index in [4.69, 9.17) is 16.7 Å². The van der Waals surface area contributed by atoms with Gasteiger partial charge in [-0.3, -0.25) is 4.90 Å². The molecule has 1 aliphatic rings. The van der Waals surface area contributed by atoms with E-state index in [0.717, 1.165) is 12.1 Å². The average molecular weight is 310 g/mol. The summed E-state index contributed by atoms with van der Waals surface area (Å²) in [6.07, 6.45) is -4.43. The number of aromatic nitrogens is 1. The van der Waals surface area contributed by atoms with Gasteiger partial charge in [-0.1, -0.05) is 11.6 Å². The van der Waals surface area contributed by atoms with Crippen LogP contribution in [0.4, 0.5) is 19.0 Å². The maximum Gasteiger partial charge on any atom is 0.416 e. The van der Waals surface area contributed by atoms with Gasteiger partial charge in [-0.15, -0.1) is 0 Å². The first-order chi connectivity index (χ1) is 9.40. The lowest BCUT2D eigenvalue weighted by atomic mass is 10.2. The Bertz CT molecular complexity index is 462. The Kier molecular flexibility index (Phi) is 4.72. The van der Waals surface area contributed by atoms with E-state index >= 15 is 0 Å². The molecular weight excluding hydrogens is 295 g/mol. The van der Waals surface area contributed by atoms with Crippen LogP contribution in [0.3, 0.4) is 0 Å². The second kappa shape index (κ2) is 6.15. The Labute approximate surface area is 119 Å². The third-order valence-corrected chi connectivity index (χ3v) is 3.41. The highest BCUT2D eigenvalue weighted by Gasteiger charge is 2.32. The first-order valence-electron chi connectivity index (χ1n) is 6.23. The van der Waals surface area contributed by atoms with Gasteiger partial charge in [-0.05, 0) is 12.1 Å². The number of piperazine rings is 1. The fourth-order valence-corrected chi connectivity index (χ4v) is 2.35. The number of aliphatic hydroxyl groups excluding tert-OH is 1. The van der Waals surface area contributed by atoms with Crippen molar-refractivity contribution >= 4 is 17.4 Å². The largest absolute Gasteiger partial charge is 0.416 e. The van der Waals surface area contributed by atoms with Gasteiger partial charge in [0, 0.05) is 32.7 Å². The molecule has 0 spiro atoms. The van der Waals surface area contributed by atoms with Crippen LogP contribution in [0, 0.1) is 0 Å². The van der Waals surface area contributed by atoms with Gasteiger partial charge >= 0.3 is 6.18 Å². The summed E-state index contributed by atoms with van der Waals surface area (Å²) >= 11 is 5.67. The van der Waals surface area contributed by atoms with Gasteiger partial charge in [0.25, 0.3) is 0 Å². The van der Waals surface area contributed by atoms with Crippen LogP contribution in [-0.4, -0.2) is 54.3 Å². The number of aliphatic hydroxyl groups is 1. The van der Waals surface area contributed by atoms with Gasteiger partial charge in [0.1, 0.15) is 11.0 Å². The van der Waals surface area contributed by atoms with Crippen LogP contribution in [0.25, 0.3) is 0 Å². The molecule has 0 amide bonds. The van der Waals surface area contributed by atoms with E-state index in [2.05, 4.69) is 4.98 Å². The minimum atomic E-state index is -4.43. The van der Waals surface area contributed by atoms with Crippen LogP contribution in [0.2, 0.25) is 5.15 Å². The summed E-state index contributed by atoms with van der Waals surface area (Å²) in [5, 5.41) is 8.69. The minimum absolute atomic E-state index is 0.0770. The molecule has 20 heavy (non-hydrogen) atoms. The molecule has 1 fully saturated rings. The molecule has 0 radical (unpaired) electrons. The van der Waals surface area contributed by atoms with E-state index in [-0.39, 0.29) is 17.6 Å². The van der Waals surface area contributed by atoms with Crippen molar-refractivity contribution in [3.8, 4) is 0 Å². The summed E-state index contributed by atoms with van der Waals surface area (Å²) in [7, 11) is 0. The molecule has 4 nitrogen and oxygen atoms in total. The number of halogens is 4. The smallest absolute Gasteiger partial charge is 0.395 e. The molecule has 0 saturated carbocycles. The van der Waals surface area contributed by atoms with Gasteiger partial charge in [-0.2, -0.15) is 13.2 Å². The highest BCUT2D eigenvalue weighted by atomic mass is 35.5. The Balaban J connectivity index is 2.12. The van der Waals surface area contributed by atoms with Gasteiger partial charge in [0.15, 0.2) is 0 Å². The first kappa shape index (κ1) is 15.3. The molecule has 2 rings (SSSR count). The lowest BCUT2D eigenvalue weighted by Gasteiger charge is -2.35. The molecule has 0 atom stereocenters. The number of hydrogen-bond acceptors (Lipinski definition) is 4. The van der Waals surface area contributed by atoms with Crippen molar-refractivity contribution in [2.24, 2.45) is 0 Å². The zero-order chi connectivity index (χ0) is 14.8. The van der Waals surface area contributed by atoms with E-state index in [9.17, 15) is 13.2 Å². The SMILES string of the molecule is OCCN1CCN(c2cc(C(F)(F)F)cc(Cl)n2)CC1. The third kappa shape index (κ3) is 3.74. The highest BCUT2D eigenvalue weighted by Crippen LogP contribution is 2.32. The van der Waals surface area contributed by atoms with E-state index in [1.54, 1.807) is 4.90 Å². The summed E-state index contributed by atoms with van der Waals surface area (Å²) in [5.74, 6) is 0.244. The van der Waals surface area contributed by atoms with Crippen molar-refractivity contribution in [3.63, 3.8) is 0 Å². The predicted molar refractivity (Wildman–Crippen MR) is 70.0 cm³/mol. The third-order valence-electron chi connectivity index (χ3n) is 3.22. The van der Waals surface area contributed by atoms with E-state index in [0.29, 0.717) is 32.7 Å². The second-order valence-electron chi connectivity index (χ2n) is 4.59. The van der Waals surface area contributed by atoms with Crippen molar-refractivity contribution in [2.75, 3.05) is 44.2 Å². The van der Waals surface area contributed by atoms with Gasteiger partial charge in [0.05, 0.1) is 12.2 Å². The summed E-state index contributed by atoms with van der Waals surface area (Å²) in [6, 6.07) is 1.85. The van der Waals surface area contributed by atoms with Gasteiger partial charge in [0.2, 0.25) is 0 Å². The van der Waals surface area contributed by atoms with Crippen molar-refractivity contribution in [2.45, 2.75) is 6.18 Å². The van der Waals surface area contributed by atoms with Gasteiger partial charge in [-0.25, -0.2) is 4.98 Å². The number of pyridine rings is 1. The molecule has 0 unspecified atom stereocenters. The number of alkyl halides is 3. The second-order valence-corrected chi connectivity index (χ2v) is 4.97. The Morgan fingerprint density at radius 3 is 2.40 bits per heavy atom. The Morgan fingerprint density at radius 1 is 1.20 bits per heavy atom. The number of anilines is 1. The molecule has 0 aromatic carbocycles. The van der Waals surface area contributed by atoms with Crippen LogP contribution in [-0.2, 0) is 6.18 Å². The number of nitrogens with zero attached hydrogens (tertiary/aromatic N) is 3. The quantitative estimate of drug-likeness (QED) is 0.865. The molecule has 0 aliphatic carbocycles. The topological polar surface area (TPSA) is 39.6 Å². The normalized spacial score (nSPS) is 17.6. The van der Waals surface area contributed by atoms with Crippen molar-refractivity contribution < 1.29 is 18.3 Å². The summed E-state index contributed by atoms with van der Waals surface area (Å²) in [4.78, 5) is 7.79. The van der Waals surface area contributed by atoms with Crippen LogP contribution in [0.5, 0.6) is 0 Å². The zero-order valence-corrected chi connectivity index (χ0v) is 11.5. The van der Waals surface area contributed by atoms with Crippen molar-refractivity contribution in [1.29, 1.82) is 0 Å². The van der Waals surface area contributed by atoms with Crippen LogP contribution in [0.1, 0.15) is 5.56 Å². The maximum atomic E-state index is 12.7. The molecule has 2 heterocycles. The lowest BCUT2D eigenvalue weighted by Crippen LogP contribution is -2.47. The highest BCUT2D eigenvalue weighted by molar-refractivity contribution is 6.29. The van der Waals surface area contributed by atoms with Crippen LogP contribution in [0.15, 0.2) is 12.1 Å². The molecule has 0 bridgehead atoms. The molecule has 1 saturated heterocycles. The maximum absolute atomic E-state index is 12.7. The van der Waals surface area contributed by atoms with E-state index < -0.39 is 11.7 Å². The molecule has 8 heteroatoms. The molecule has 1 N–H and O–H groups in total. The average Bonchev–Trinajstić information content (AvgIpc) is 2.38. The Hall–Kier alpha value is -1.05. The zero-order valence-electron chi connectivity index (χ0n) is 10.7. The number of hydrogen-bond donors (Lipinski definition) is 1. The molecular formula is C12H15ClF3N3O. The van der Waals surface area contributed by atoms with Gasteiger partial charge < -0.3 is 10.0 Å². The summed E-state index contributed by atoms with van der Waals surface area (Å²) < 4.78 is 38.2. The van der Waals surface area contributed by atoms with Crippen molar-refractivity contribution in [3.05, 3.63) is 22.8 Å². The fraction of sp³-hybridized carbons (Fsp3) is 0.583. The molecule has 112 valence electrons. The number of rotatable bonds is 3. The van der Waals surface area contributed by atoms with Crippen LogP contribution < -0.4 is 4.90 Å². The minimum Gasteiger partial charge on any atom is -0.395 e. The predicted octanol–water partition coefficient (Wildman–Crippen LogP) is 1.87. The van der Waals surface area contributed by atoms with E-state index in [1.165, 1.54) is 0 Å². The summed E-state index contributed by atoms with van der Waals surface area (Å²) in [6.45, 7) is 3.12. The number of β-amino-alcohol motifs (C(OH)–C–C–N with tert-alkyl or cyclic N) is 1. The van der Waals surface area contributed by atoms with E-state index in [1.807, 2.05) is 4.90 Å². The van der Waals surface area contributed by atoms with Crippen LogP contribution >= 0.6 is 11.6 Å². The first-order valence-corrected chi connectivity index (χ1v) is 6.61. The standard InChI is InChI=1S/C12H15ClF3N3O/c13-10-7-9(12(14,15)16)8-11(17-10)19-3-1-18(2-4-19)5-6-20/h7-8,20H,1-6H2. The molecule has 1 aliphatic heterocycles. The lowest BCUT2D eigenvalue weighted by molar-refractivity contribution is -0.137. The van der Waals surface area contributed by atoms with Crippen molar-refractivity contribution in [1.82, 2.24) is 9.88 Å².